The summed E-state index contributed by atoms with van der Waals surface area (Å²) in [4.78, 5) is 8.81. The zero-order chi connectivity index (χ0) is 14.2. The van der Waals surface area contributed by atoms with E-state index in [-0.39, 0.29) is 6.61 Å². The van der Waals surface area contributed by atoms with Gasteiger partial charge >= 0.3 is 0 Å². The Hall–Kier alpha value is -1.89. The standard InChI is InChI=1S/C13H22N6O/c1-2-14-13-17-11(10-9-16-19-12(10)18-13)15-7-5-3-4-6-8-20/h9,20H,2-8H2,1H3,(H3,14,15,16,17,18,19). The van der Waals surface area contributed by atoms with Gasteiger partial charge in [-0.05, 0) is 19.8 Å². The third kappa shape index (κ3) is 3.80. The van der Waals surface area contributed by atoms with Gasteiger partial charge in [-0.3, -0.25) is 5.10 Å². The molecule has 7 nitrogen and oxygen atoms in total. The minimum absolute atomic E-state index is 0.279. The first-order chi connectivity index (χ1) is 9.85. The summed E-state index contributed by atoms with van der Waals surface area (Å²) in [6.45, 7) is 3.92. The fourth-order valence-electron chi connectivity index (χ4n) is 2.00. The zero-order valence-corrected chi connectivity index (χ0v) is 11.8. The Morgan fingerprint density at radius 2 is 2.00 bits per heavy atom. The lowest BCUT2D eigenvalue weighted by Gasteiger charge is -2.08. The van der Waals surface area contributed by atoms with Crippen LogP contribution < -0.4 is 10.6 Å². The molecule has 0 saturated carbocycles. The maximum atomic E-state index is 8.73. The number of H-pyrrole nitrogens is 1. The molecule has 0 unspecified atom stereocenters. The van der Waals surface area contributed by atoms with Crippen LogP contribution in [0.5, 0.6) is 0 Å². The molecular weight excluding hydrogens is 256 g/mol. The Kier molecular flexibility index (Phi) is 5.55. The van der Waals surface area contributed by atoms with Crippen molar-refractivity contribution in [3.05, 3.63) is 6.20 Å². The average Bonchev–Trinajstić information content (AvgIpc) is 2.91. The van der Waals surface area contributed by atoms with E-state index in [0.29, 0.717) is 5.95 Å². The first kappa shape index (κ1) is 14.5. The van der Waals surface area contributed by atoms with E-state index in [4.69, 9.17) is 5.11 Å². The number of nitrogens with one attached hydrogen (secondary N) is 3. The molecule has 0 amide bonds. The summed E-state index contributed by atoms with van der Waals surface area (Å²) in [5, 5.41) is 23.0. The van der Waals surface area contributed by atoms with E-state index in [9.17, 15) is 0 Å². The van der Waals surface area contributed by atoms with Gasteiger partial charge < -0.3 is 15.7 Å². The predicted molar refractivity (Wildman–Crippen MR) is 79.9 cm³/mol. The molecule has 0 fully saturated rings. The van der Waals surface area contributed by atoms with Gasteiger partial charge in [-0.1, -0.05) is 12.8 Å². The van der Waals surface area contributed by atoms with Crippen molar-refractivity contribution in [3.63, 3.8) is 0 Å². The highest BCUT2D eigenvalue weighted by molar-refractivity contribution is 5.86. The third-order valence-electron chi connectivity index (χ3n) is 3.02. The summed E-state index contributed by atoms with van der Waals surface area (Å²) in [5.41, 5.74) is 0.735. The van der Waals surface area contributed by atoms with Crippen molar-refractivity contribution >= 4 is 22.8 Å². The Labute approximate surface area is 118 Å². The third-order valence-corrected chi connectivity index (χ3v) is 3.02. The molecule has 0 radical (unpaired) electrons. The topological polar surface area (TPSA) is 98.8 Å². The maximum Gasteiger partial charge on any atom is 0.226 e. The second kappa shape index (κ2) is 7.64. The quantitative estimate of drug-likeness (QED) is 0.522. The number of rotatable bonds is 9. The Bertz CT molecular complexity index is 527. The Balaban J connectivity index is 1.95. The fourth-order valence-corrected chi connectivity index (χ4v) is 2.00. The van der Waals surface area contributed by atoms with Gasteiger partial charge in [-0.15, -0.1) is 0 Å². The smallest absolute Gasteiger partial charge is 0.226 e. The van der Waals surface area contributed by atoms with E-state index in [1.165, 1.54) is 0 Å². The van der Waals surface area contributed by atoms with E-state index in [2.05, 4.69) is 30.8 Å². The number of anilines is 2. The molecule has 2 rings (SSSR count). The number of unbranched alkanes of at least 4 members (excludes halogenated alkanes) is 3. The number of nitrogens with zero attached hydrogens (tertiary/aromatic N) is 3. The van der Waals surface area contributed by atoms with E-state index >= 15 is 0 Å². The number of hydrogen-bond acceptors (Lipinski definition) is 6. The minimum atomic E-state index is 0.279. The lowest BCUT2D eigenvalue weighted by molar-refractivity contribution is 0.283. The van der Waals surface area contributed by atoms with Crippen molar-refractivity contribution in [2.75, 3.05) is 30.3 Å². The first-order valence-corrected chi connectivity index (χ1v) is 7.15. The molecular formula is C13H22N6O. The van der Waals surface area contributed by atoms with Crippen LogP contribution in [0.25, 0.3) is 11.0 Å². The van der Waals surface area contributed by atoms with Crippen LogP contribution in [0.15, 0.2) is 6.20 Å². The van der Waals surface area contributed by atoms with Crippen LogP contribution in [-0.2, 0) is 0 Å². The highest BCUT2D eigenvalue weighted by Crippen LogP contribution is 2.19. The van der Waals surface area contributed by atoms with E-state index < -0.39 is 0 Å². The summed E-state index contributed by atoms with van der Waals surface area (Å²) in [6.07, 6.45) is 5.84. The van der Waals surface area contributed by atoms with Crippen molar-refractivity contribution < 1.29 is 5.11 Å². The summed E-state index contributed by atoms with van der Waals surface area (Å²) >= 11 is 0. The van der Waals surface area contributed by atoms with Gasteiger partial charge in [0.15, 0.2) is 5.65 Å². The minimum Gasteiger partial charge on any atom is -0.396 e. The number of aliphatic hydroxyl groups is 1. The van der Waals surface area contributed by atoms with Gasteiger partial charge in [-0.2, -0.15) is 15.1 Å². The van der Waals surface area contributed by atoms with Crippen molar-refractivity contribution in [3.8, 4) is 0 Å². The molecule has 20 heavy (non-hydrogen) atoms. The van der Waals surface area contributed by atoms with E-state index in [1.807, 2.05) is 6.92 Å². The monoisotopic (exact) mass is 278 g/mol. The van der Waals surface area contributed by atoms with Crippen molar-refractivity contribution in [1.82, 2.24) is 20.2 Å². The molecule has 0 aromatic carbocycles. The number of hydrogen-bond donors (Lipinski definition) is 4. The average molecular weight is 278 g/mol. The normalized spacial score (nSPS) is 10.9. The lowest BCUT2D eigenvalue weighted by atomic mass is 10.2. The van der Waals surface area contributed by atoms with Crippen LogP contribution in [0.1, 0.15) is 32.6 Å². The highest BCUT2D eigenvalue weighted by atomic mass is 16.2. The van der Waals surface area contributed by atoms with Crippen LogP contribution in [0.3, 0.4) is 0 Å². The van der Waals surface area contributed by atoms with Gasteiger partial charge in [-0.25, -0.2) is 0 Å². The molecule has 2 heterocycles. The lowest BCUT2D eigenvalue weighted by Crippen LogP contribution is -2.08. The number of fused-ring (bicyclic) bond motifs is 1. The molecule has 110 valence electrons. The van der Waals surface area contributed by atoms with Crippen LogP contribution in [0, 0.1) is 0 Å². The molecule has 0 aliphatic rings. The number of aliphatic hydroxyl groups excluding tert-OH is 1. The molecule has 2 aromatic rings. The summed E-state index contributed by atoms with van der Waals surface area (Å²) < 4.78 is 0. The first-order valence-electron chi connectivity index (χ1n) is 7.15. The van der Waals surface area contributed by atoms with Crippen molar-refractivity contribution in [2.45, 2.75) is 32.6 Å². The molecule has 2 aromatic heterocycles. The van der Waals surface area contributed by atoms with E-state index in [0.717, 1.165) is 55.6 Å². The van der Waals surface area contributed by atoms with Gasteiger partial charge in [0.1, 0.15) is 5.82 Å². The molecule has 0 bridgehead atoms. The van der Waals surface area contributed by atoms with Crippen molar-refractivity contribution in [1.29, 1.82) is 0 Å². The molecule has 4 N–H and O–H groups in total. The maximum absolute atomic E-state index is 8.73. The van der Waals surface area contributed by atoms with Gasteiger partial charge in [0.25, 0.3) is 0 Å². The second-order valence-corrected chi connectivity index (χ2v) is 4.62. The number of aromatic amines is 1. The summed E-state index contributed by atoms with van der Waals surface area (Å²) in [5.74, 6) is 1.41. The zero-order valence-electron chi connectivity index (χ0n) is 11.8. The summed E-state index contributed by atoms with van der Waals surface area (Å²) in [7, 11) is 0. The van der Waals surface area contributed by atoms with Gasteiger partial charge in [0.05, 0.1) is 11.6 Å². The molecule has 0 spiro atoms. The molecule has 0 saturated heterocycles. The second-order valence-electron chi connectivity index (χ2n) is 4.62. The summed E-state index contributed by atoms with van der Waals surface area (Å²) in [6, 6.07) is 0. The number of aromatic nitrogens is 4. The fraction of sp³-hybridized carbons (Fsp3) is 0.615. The highest BCUT2D eigenvalue weighted by Gasteiger charge is 2.08. The van der Waals surface area contributed by atoms with E-state index in [1.54, 1.807) is 6.20 Å². The predicted octanol–water partition coefficient (Wildman–Crippen LogP) is 1.75. The van der Waals surface area contributed by atoms with Crippen LogP contribution in [0.2, 0.25) is 0 Å². The SMILES string of the molecule is CCNc1nc(NCCCCCCO)c2cn[nH]c2n1. The van der Waals surface area contributed by atoms with Crippen LogP contribution >= 0.6 is 0 Å². The largest absolute Gasteiger partial charge is 0.396 e. The van der Waals surface area contributed by atoms with Crippen LogP contribution in [0.4, 0.5) is 11.8 Å². The molecule has 0 aliphatic carbocycles. The van der Waals surface area contributed by atoms with Crippen molar-refractivity contribution in [2.24, 2.45) is 0 Å². The Morgan fingerprint density at radius 1 is 1.15 bits per heavy atom. The molecule has 0 aliphatic heterocycles. The molecule has 7 heteroatoms. The molecule has 0 atom stereocenters. The van der Waals surface area contributed by atoms with Crippen LogP contribution in [-0.4, -0.2) is 45.0 Å². The van der Waals surface area contributed by atoms with Gasteiger partial charge in [0, 0.05) is 19.7 Å². The Morgan fingerprint density at radius 3 is 2.80 bits per heavy atom. The van der Waals surface area contributed by atoms with Gasteiger partial charge in [0.2, 0.25) is 5.95 Å².